The minimum absolute atomic E-state index is 0.00827. The number of fused-ring (bicyclic) bond motifs is 1. The molecule has 5 heteroatoms. The van der Waals surface area contributed by atoms with E-state index in [1.54, 1.807) is 12.4 Å². The van der Waals surface area contributed by atoms with Gasteiger partial charge in [-0.15, -0.1) is 0 Å². The number of anilines is 1. The summed E-state index contributed by atoms with van der Waals surface area (Å²) in [6.45, 7) is 3.94. The number of rotatable bonds is 3. The predicted octanol–water partition coefficient (Wildman–Crippen LogP) is 2.85. The zero-order valence-corrected chi connectivity index (χ0v) is 12.5. The number of nitrogens with zero attached hydrogens (tertiary/aromatic N) is 2. The van der Waals surface area contributed by atoms with Crippen LogP contribution in [0.15, 0.2) is 30.6 Å². The van der Waals surface area contributed by atoms with Crippen molar-refractivity contribution in [1.29, 1.82) is 5.41 Å². The van der Waals surface area contributed by atoms with Crippen LogP contribution in [0.4, 0.5) is 5.69 Å². The Balaban J connectivity index is 2.19. The van der Waals surface area contributed by atoms with E-state index in [4.69, 9.17) is 5.41 Å². The Morgan fingerprint density at radius 1 is 1.23 bits per heavy atom. The Morgan fingerprint density at radius 3 is 2.64 bits per heavy atom. The number of aromatic nitrogens is 2. The summed E-state index contributed by atoms with van der Waals surface area (Å²) in [4.78, 5) is 20.1. The van der Waals surface area contributed by atoms with E-state index in [-0.39, 0.29) is 11.5 Å². The highest BCUT2D eigenvalue weighted by Gasteiger charge is 2.18. The molecule has 110 valence electrons. The van der Waals surface area contributed by atoms with Crippen molar-refractivity contribution in [2.24, 2.45) is 0 Å². The molecule has 0 bridgehead atoms. The lowest BCUT2D eigenvalue weighted by molar-refractivity contribution is -0.111. The van der Waals surface area contributed by atoms with Gasteiger partial charge in [-0.3, -0.25) is 10.2 Å². The van der Waals surface area contributed by atoms with Crippen LogP contribution in [0.3, 0.4) is 0 Å². The zero-order chi connectivity index (χ0) is 15.7. The monoisotopic (exact) mass is 292 g/mol. The van der Waals surface area contributed by atoms with E-state index in [9.17, 15) is 4.79 Å². The van der Waals surface area contributed by atoms with E-state index in [0.29, 0.717) is 17.9 Å². The Labute approximate surface area is 128 Å². The van der Waals surface area contributed by atoms with Crippen molar-refractivity contribution in [2.45, 2.75) is 13.8 Å². The van der Waals surface area contributed by atoms with Crippen LogP contribution in [0.25, 0.3) is 17.2 Å². The predicted molar refractivity (Wildman–Crippen MR) is 87.2 cm³/mol. The lowest BCUT2D eigenvalue weighted by Gasteiger charge is -2.19. The molecule has 0 radical (unpaired) electrons. The molecule has 0 fully saturated rings. The quantitative estimate of drug-likeness (QED) is 0.853. The third-order valence-corrected chi connectivity index (χ3v) is 3.60. The molecular formula is C17H16N4O. The average Bonchev–Trinajstić information content (AvgIpc) is 2.53. The van der Waals surface area contributed by atoms with Gasteiger partial charge in [0.25, 0.3) is 0 Å². The summed E-state index contributed by atoms with van der Waals surface area (Å²) in [5, 5.41) is 11.3. The van der Waals surface area contributed by atoms with Crippen LogP contribution in [0, 0.1) is 12.3 Å². The largest absolute Gasteiger partial charge is 0.381 e. The standard InChI is InChI=1S/C17H16N4O/c1-10(22)16(18)15-7-13(14-8-20-11(2)21-9-14)6-12-4-3-5-19-17(12)15/h3-4,6-9,18-19H,5H2,1-2H3. The maximum Gasteiger partial charge on any atom is 0.178 e. The molecule has 0 saturated carbocycles. The number of nitrogens with one attached hydrogen (secondary N) is 2. The van der Waals surface area contributed by atoms with E-state index in [1.807, 2.05) is 31.2 Å². The molecular weight excluding hydrogens is 276 g/mol. The third kappa shape index (κ3) is 2.53. The van der Waals surface area contributed by atoms with Gasteiger partial charge in [-0.2, -0.15) is 0 Å². The van der Waals surface area contributed by atoms with Crippen LogP contribution < -0.4 is 5.32 Å². The van der Waals surface area contributed by atoms with Gasteiger partial charge < -0.3 is 5.32 Å². The number of hydrogen-bond acceptors (Lipinski definition) is 5. The molecule has 3 rings (SSSR count). The maximum absolute atomic E-state index is 11.6. The first-order valence-corrected chi connectivity index (χ1v) is 7.03. The molecule has 2 aromatic rings. The number of carbonyl (C=O) groups is 1. The number of aryl methyl sites for hydroxylation is 1. The van der Waals surface area contributed by atoms with Crippen molar-refractivity contribution in [1.82, 2.24) is 9.97 Å². The van der Waals surface area contributed by atoms with Gasteiger partial charge in [-0.1, -0.05) is 12.2 Å². The Morgan fingerprint density at radius 2 is 1.95 bits per heavy atom. The van der Waals surface area contributed by atoms with Crippen molar-refractivity contribution >= 4 is 23.3 Å². The van der Waals surface area contributed by atoms with Gasteiger partial charge in [0.1, 0.15) is 11.5 Å². The number of ketones is 1. The van der Waals surface area contributed by atoms with Crippen molar-refractivity contribution < 1.29 is 4.79 Å². The van der Waals surface area contributed by atoms with Crippen LogP contribution >= 0.6 is 0 Å². The van der Waals surface area contributed by atoms with Crippen LogP contribution in [-0.2, 0) is 4.79 Å². The summed E-state index contributed by atoms with van der Waals surface area (Å²) in [6.07, 6.45) is 7.52. The van der Waals surface area contributed by atoms with Gasteiger partial charge >= 0.3 is 0 Å². The van der Waals surface area contributed by atoms with Gasteiger partial charge in [0.15, 0.2) is 5.78 Å². The average molecular weight is 292 g/mol. The zero-order valence-electron chi connectivity index (χ0n) is 12.5. The molecule has 2 N–H and O–H groups in total. The fourth-order valence-electron chi connectivity index (χ4n) is 2.44. The second-order valence-corrected chi connectivity index (χ2v) is 5.22. The molecule has 1 aliphatic rings. The summed E-state index contributed by atoms with van der Waals surface area (Å²) in [7, 11) is 0. The molecule has 0 saturated heterocycles. The van der Waals surface area contributed by atoms with Gasteiger partial charge in [0.05, 0.1) is 5.69 Å². The van der Waals surface area contributed by atoms with Crippen molar-refractivity contribution in [2.75, 3.05) is 11.9 Å². The van der Waals surface area contributed by atoms with Crippen LogP contribution in [-0.4, -0.2) is 28.0 Å². The molecule has 0 aliphatic carbocycles. The fourth-order valence-corrected chi connectivity index (χ4v) is 2.44. The summed E-state index contributed by atoms with van der Waals surface area (Å²) in [5.41, 5.74) is 4.18. The highest BCUT2D eigenvalue weighted by atomic mass is 16.1. The summed E-state index contributed by atoms with van der Waals surface area (Å²) >= 11 is 0. The topological polar surface area (TPSA) is 78.7 Å². The molecule has 1 aromatic carbocycles. The van der Waals surface area contributed by atoms with Gasteiger partial charge in [0.2, 0.25) is 0 Å². The highest BCUT2D eigenvalue weighted by molar-refractivity contribution is 6.45. The van der Waals surface area contributed by atoms with E-state index in [0.717, 1.165) is 22.4 Å². The van der Waals surface area contributed by atoms with Crippen LogP contribution in [0.5, 0.6) is 0 Å². The number of Topliss-reactive ketones (excluding diaryl/α,β-unsaturated/α-hetero) is 1. The summed E-state index contributed by atoms with van der Waals surface area (Å²) < 4.78 is 0. The van der Waals surface area contributed by atoms with Crippen LogP contribution in [0.1, 0.15) is 23.9 Å². The molecule has 5 nitrogen and oxygen atoms in total. The third-order valence-electron chi connectivity index (χ3n) is 3.60. The van der Waals surface area contributed by atoms with Crippen molar-refractivity contribution in [3.8, 4) is 11.1 Å². The van der Waals surface area contributed by atoms with Crippen molar-refractivity contribution in [3.63, 3.8) is 0 Å². The second-order valence-electron chi connectivity index (χ2n) is 5.22. The minimum atomic E-state index is -0.254. The Hall–Kier alpha value is -2.82. The smallest absolute Gasteiger partial charge is 0.178 e. The van der Waals surface area contributed by atoms with Gasteiger partial charge in [0, 0.05) is 37.0 Å². The molecule has 2 heterocycles. The second kappa shape index (κ2) is 5.52. The number of benzene rings is 1. The van der Waals surface area contributed by atoms with Gasteiger partial charge in [-0.25, -0.2) is 9.97 Å². The molecule has 0 spiro atoms. The normalized spacial score (nSPS) is 12.5. The molecule has 1 aliphatic heterocycles. The fraction of sp³-hybridized carbons (Fsp3) is 0.176. The molecule has 0 atom stereocenters. The molecule has 1 aromatic heterocycles. The number of hydrogen-bond donors (Lipinski definition) is 2. The molecule has 22 heavy (non-hydrogen) atoms. The van der Waals surface area contributed by atoms with Crippen LogP contribution in [0.2, 0.25) is 0 Å². The lowest BCUT2D eigenvalue weighted by atomic mass is 9.94. The first kappa shape index (κ1) is 14.1. The minimum Gasteiger partial charge on any atom is -0.381 e. The van der Waals surface area contributed by atoms with Crippen molar-refractivity contribution in [3.05, 3.63) is 47.6 Å². The lowest BCUT2D eigenvalue weighted by Crippen LogP contribution is -2.16. The Bertz CT molecular complexity index is 791. The van der Waals surface area contributed by atoms with E-state index >= 15 is 0 Å². The van der Waals surface area contributed by atoms with E-state index in [1.165, 1.54) is 6.92 Å². The van der Waals surface area contributed by atoms with E-state index in [2.05, 4.69) is 15.3 Å². The summed E-state index contributed by atoms with van der Waals surface area (Å²) in [5.74, 6) is 0.454. The maximum atomic E-state index is 11.6. The first-order chi connectivity index (χ1) is 10.6. The Kier molecular flexibility index (Phi) is 3.55. The highest BCUT2D eigenvalue weighted by Crippen LogP contribution is 2.32. The first-order valence-electron chi connectivity index (χ1n) is 7.03. The van der Waals surface area contributed by atoms with E-state index < -0.39 is 0 Å². The molecule has 0 amide bonds. The SMILES string of the molecule is CC(=O)C(=N)c1cc(-c2cnc(C)nc2)cc2c1NCC=C2. The number of carbonyl (C=O) groups excluding carboxylic acids is 1. The summed E-state index contributed by atoms with van der Waals surface area (Å²) in [6, 6.07) is 3.87. The molecule has 0 unspecified atom stereocenters. The van der Waals surface area contributed by atoms with Gasteiger partial charge in [-0.05, 0) is 30.2 Å².